The molecule has 0 amide bonds. The van der Waals surface area contributed by atoms with Gasteiger partial charge in [-0.05, 0) is 42.3 Å². The minimum Gasteiger partial charge on any atom is -0.489 e. The van der Waals surface area contributed by atoms with Gasteiger partial charge < -0.3 is 9.47 Å². The van der Waals surface area contributed by atoms with Crippen molar-refractivity contribution in [1.29, 1.82) is 0 Å². The first kappa shape index (κ1) is 16.3. The van der Waals surface area contributed by atoms with Gasteiger partial charge in [-0.2, -0.15) is 0 Å². The van der Waals surface area contributed by atoms with Gasteiger partial charge in [0.15, 0.2) is 0 Å². The number of carbonyl (C=O) groups is 1. The SMILES string of the molecule is CCOC(=O)C=Cc1cc(OCc2ccccc2)ccc1Br. The highest BCUT2D eigenvalue weighted by molar-refractivity contribution is 9.10. The molecule has 0 unspecified atom stereocenters. The molecule has 22 heavy (non-hydrogen) atoms. The molecule has 0 aromatic heterocycles. The van der Waals surface area contributed by atoms with Crippen LogP contribution in [0.1, 0.15) is 18.1 Å². The van der Waals surface area contributed by atoms with Crippen molar-refractivity contribution in [2.45, 2.75) is 13.5 Å². The Kier molecular flexibility index (Phi) is 6.22. The number of carbonyl (C=O) groups excluding carboxylic acids is 1. The first-order valence-electron chi connectivity index (χ1n) is 7.00. The summed E-state index contributed by atoms with van der Waals surface area (Å²) in [5.74, 6) is 0.389. The molecule has 0 radical (unpaired) electrons. The lowest BCUT2D eigenvalue weighted by atomic mass is 10.2. The standard InChI is InChI=1S/C18H17BrO3/c1-2-21-18(20)11-8-15-12-16(9-10-17(15)19)22-13-14-6-4-3-5-7-14/h3-12H,2,13H2,1H3. The summed E-state index contributed by atoms with van der Waals surface area (Å²) in [5.41, 5.74) is 1.97. The van der Waals surface area contributed by atoms with Crippen molar-refractivity contribution < 1.29 is 14.3 Å². The van der Waals surface area contributed by atoms with Crippen molar-refractivity contribution >= 4 is 28.0 Å². The van der Waals surface area contributed by atoms with Crippen LogP contribution in [0.3, 0.4) is 0 Å². The van der Waals surface area contributed by atoms with Crippen LogP contribution in [-0.2, 0) is 16.1 Å². The molecule has 4 heteroatoms. The van der Waals surface area contributed by atoms with E-state index in [1.807, 2.05) is 48.5 Å². The number of benzene rings is 2. The van der Waals surface area contributed by atoms with Crippen molar-refractivity contribution in [3.63, 3.8) is 0 Å². The van der Waals surface area contributed by atoms with Gasteiger partial charge in [-0.25, -0.2) is 4.79 Å². The summed E-state index contributed by atoms with van der Waals surface area (Å²) in [6, 6.07) is 15.6. The molecule has 0 saturated heterocycles. The van der Waals surface area contributed by atoms with E-state index in [-0.39, 0.29) is 5.97 Å². The Bertz CT molecular complexity index is 651. The minimum atomic E-state index is -0.356. The van der Waals surface area contributed by atoms with Crippen LogP contribution in [0.15, 0.2) is 59.1 Å². The first-order chi connectivity index (χ1) is 10.7. The second-order valence-electron chi connectivity index (χ2n) is 4.54. The van der Waals surface area contributed by atoms with Crippen LogP contribution in [0, 0.1) is 0 Å². The normalized spacial score (nSPS) is 10.6. The molecule has 0 heterocycles. The van der Waals surface area contributed by atoms with Crippen LogP contribution < -0.4 is 4.74 Å². The van der Waals surface area contributed by atoms with Crippen LogP contribution in [0.5, 0.6) is 5.75 Å². The van der Waals surface area contributed by atoms with Gasteiger partial charge in [0.1, 0.15) is 12.4 Å². The van der Waals surface area contributed by atoms with Gasteiger partial charge in [-0.15, -0.1) is 0 Å². The summed E-state index contributed by atoms with van der Waals surface area (Å²) in [6.45, 7) is 2.65. The molecule has 0 atom stereocenters. The van der Waals surface area contributed by atoms with Crippen molar-refractivity contribution in [2.24, 2.45) is 0 Å². The molecule has 0 aliphatic heterocycles. The Morgan fingerprint density at radius 2 is 1.95 bits per heavy atom. The van der Waals surface area contributed by atoms with Crippen LogP contribution in [0.2, 0.25) is 0 Å². The van der Waals surface area contributed by atoms with E-state index in [9.17, 15) is 4.79 Å². The first-order valence-corrected chi connectivity index (χ1v) is 7.79. The third-order valence-electron chi connectivity index (χ3n) is 2.90. The van der Waals surface area contributed by atoms with Crippen LogP contribution >= 0.6 is 15.9 Å². The highest BCUT2D eigenvalue weighted by Crippen LogP contribution is 2.24. The Balaban J connectivity index is 2.04. The zero-order valence-electron chi connectivity index (χ0n) is 12.3. The molecule has 2 aromatic carbocycles. The molecule has 0 N–H and O–H groups in total. The molecule has 0 spiro atoms. The minimum absolute atomic E-state index is 0.356. The molecule has 0 fully saturated rings. The summed E-state index contributed by atoms with van der Waals surface area (Å²) in [7, 11) is 0. The fourth-order valence-electron chi connectivity index (χ4n) is 1.83. The van der Waals surface area contributed by atoms with Gasteiger partial charge in [0, 0.05) is 10.5 Å². The van der Waals surface area contributed by atoms with E-state index < -0.39 is 0 Å². The maximum absolute atomic E-state index is 11.4. The maximum Gasteiger partial charge on any atom is 0.330 e. The number of esters is 1. The van der Waals surface area contributed by atoms with Crippen LogP contribution in [-0.4, -0.2) is 12.6 Å². The van der Waals surface area contributed by atoms with Crippen molar-refractivity contribution in [3.05, 3.63) is 70.2 Å². The van der Waals surface area contributed by atoms with Gasteiger partial charge in [0.2, 0.25) is 0 Å². The molecule has 0 aliphatic carbocycles. The predicted octanol–water partition coefficient (Wildman–Crippen LogP) is 4.60. The van der Waals surface area contributed by atoms with E-state index in [1.54, 1.807) is 13.0 Å². The Labute approximate surface area is 138 Å². The number of hydrogen-bond acceptors (Lipinski definition) is 3. The zero-order valence-corrected chi connectivity index (χ0v) is 13.9. The van der Waals surface area contributed by atoms with Crippen molar-refractivity contribution in [3.8, 4) is 5.75 Å². The second-order valence-corrected chi connectivity index (χ2v) is 5.40. The third-order valence-corrected chi connectivity index (χ3v) is 3.62. The topological polar surface area (TPSA) is 35.5 Å². The highest BCUT2D eigenvalue weighted by atomic mass is 79.9. The largest absolute Gasteiger partial charge is 0.489 e. The van der Waals surface area contributed by atoms with E-state index in [2.05, 4.69) is 15.9 Å². The van der Waals surface area contributed by atoms with Gasteiger partial charge in [0.25, 0.3) is 0 Å². The van der Waals surface area contributed by atoms with Crippen molar-refractivity contribution in [1.82, 2.24) is 0 Å². The number of halogens is 1. The lowest BCUT2D eigenvalue weighted by molar-refractivity contribution is -0.137. The van der Waals surface area contributed by atoms with E-state index in [0.29, 0.717) is 13.2 Å². The van der Waals surface area contributed by atoms with E-state index in [1.165, 1.54) is 6.08 Å². The third kappa shape index (κ3) is 5.04. The average Bonchev–Trinajstić information content (AvgIpc) is 2.54. The molecule has 3 nitrogen and oxygen atoms in total. The van der Waals surface area contributed by atoms with E-state index >= 15 is 0 Å². The van der Waals surface area contributed by atoms with E-state index in [0.717, 1.165) is 21.3 Å². The van der Waals surface area contributed by atoms with Crippen LogP contribution in [0.25, 0.3) is 6.08 Å². The average molecular weight is 361 g/mol. The number of hydrogen-bond donors (Lipinski definition) is 0. The van der Waals surface area contributed by atoms with Crippen LogP contribution in [0.4, 0.5) is 0 Å². The number of ether oxygens (including phenoxy) is 2. The Hall–Kier alpha value is -2.07. The smallest absolute Gasteiger partial charge is 0.330 e. The summed E-state index contributed by atoms with van der Waals surface area (Å²) in [5, 5.41) is 0. The molecule has 0 saturated carbocycles. The Morgan fingerprint density at radius 1 is 1.18 bits per heavy atom. The number of rotatable bonds is 6. The molecule has 2 rings (SSSR count). The summed E-state index contributed by atoms with van der Waals surface area (Å²) >= 11 is 3.46. The summed E-state index contributed by atoms with van der Waals surface area (Å²) in [6.07, 6.45) is 3.11. The quantitative estimate of drug-likeness (QED) is 0.557. The summed E-state index contributed by atoms with van der Waals surface area (Å²) in [4.78, 5) is 11.4. The summed E-state index contributed by atoms with van der Waals surface area (Å²) < 4.78 is 11.5. The van der Waals surface area contributed by atoms with E-state index in [4.69, 9.17) is 9.47 Å². The molecular weight excluding hydrogens is 344 g/mol. The molecule has 2 aromatic rings. The van der Waals surface area contributed by atoms with Gasteiger partial charge in [-0.3, -0.25) is 0 Å². The second kappa shape index (κ2) is 8.39. The van der Waals surface area contributed by atoms with Gasteiger partial charge in [-0.1, -0.05) is 46.3 Å². The Morgan fingerprint density at radius 3 is 2.68 bits per heavy atom. The lowest BCUT2D eigenvalue weighted by Crippen LogP contribution is -1.99. The fraction of sp³-hybridized carbons (Fsp3) is 0.167. The zero-order chi connectivity index (χ0) is 15.8. The molecular formula is C18H17BrO3. The molecule has 0 aliphatic rings. The monoisotopic (exact) mass is 360 g/mol. The fourth-order valence-corrected chi connectivity index (χ4v) is 2.21. The lowest BCUT2D eigenvalue weighted by Gasteiger charge is -2.08. The van der Waals surface area contributed by atoms with Gasteiger partial charge >= 0.3 is 5.97 Å². The predicted molar refractivity (Wildman–Crippen MR) is 90.6 cm³/mol. The van der Waals surface area contributed by atoms with Crippen molar-refractivity contribution in [2.75, 3.05) is 6.61 Å². The molecule has 114 valence electrons. The highest BCUT2D eigenvalue weighted by Gasteiger charge is 2.02. The maximum atomic E-state index is 11.4. The molecule has 0 bridgehead atoms. The van der Waals surface area contributed by atoms with Gasteiger partial charge in [0.05, 0.1) is 6.61 Å².